The Morgan fingerprint density at radius 1 is 0.654 bits per heavy atom. The summed E-state index contributed by atoms with van der Waals surface area (Å²) in [6.07, 6.45) is 0. The fourth-order valence-electron chi connectivity index (χ4n) is 3.12. The first-order valence-corrected chi connectivity index (χ1v) is 18.4. The van der Waals surface area contributed by atoms with Gasteiger partial charge in [0.05, 0.1) is 0 Å². The molecule has 2 aromatic carbocycles. The summed E-state index contributed by atoms with van der Waals surface area (Å²) >= 11 is -0.428. The number of hydrogen-bond donors (Lipinski definition) is 0. The molecule has 0 spiro atoms. The zero-order valence-electron chi connectivity index (χ0n) is 14.9. The van der Waals surface area contributed by atoms with Crippen molar-refractivity contribution in [2.75, 3.05) is 26.4 Å². The quantitative estimate of drug-likeness (QED) is 0.501. The third-order valence-electron chi connectivity index (χ3n) is 4.63. The summed E-state index contributed by atoms with van der Waals surface area (Å²) in [5, 5.41) is 0. The van der Waals surface area contributed by atoms with Crippen molar-refractivity contribution in [3.63, 3.8) is 0 Å². The van der Waals surface area contributed by atoms with Crippen molar-refractivity contribution in [1.29, 1.82) is 0 Å². The Balaban J connectivity index is 1.46. The molecule has 138 valence electrons. The van der Waals surface area contributed by atoms with Crippen LogP contribution in [0.2, 0.25) is 0 Å². The normalized spacial score (nSPS) is 21.2. The van der Waals surface area contributed by atoms with E-state index in [0.29, 0.717) is 26.4 Å². The van der Waals surface area contributed by atoms with Crippen LogP contribution in [0.1, 0.15) is 25.0 Å². The van der Waals surface area contributed by atoms with E-state index < -0.39 is 11.6 Å². The van der Waals surface area contributed by atoms with Crippen molar-refractivity contribution in [1.82, 2.24) is 0 Å². The van der Waals surface area contributed by atoms with Crippen molar-refractivity contribution in [3.8, 4) is 0 Å². The zero-order chi connectivity index (χ0) is 18.0. The van der Waals surface area contributed by atoms with Crippen LogP contribution in [0.4, 0.5) is 0 Å². The van der Waals surface area contributed by atoms with Gasteiger partial charge in [0.1, 0.15) is 0 Å². The van der Waals surface area contributed by atoms with Gasteiger partial charge in [-0.1, -0.05) is 0 Å². The first kappa shape index (κ1) is 19.2. The summed E-state index contributed by atoms with van der Waals surface area (Å²) in [5.74, 6) is -1.15. The molecule has 2 aromatic rings. The molecule has 0 unspecified atom stereocenters. The predicted molar refractivity (Wildman–Crippen MR) is 102 cm³/mol. The van der Waals surface area contributed by atoms with Gasteiger partial charge in [0.15, 0.2) is 0 Å². The molecule has 2 heterocycles. The van der Waals surface area contributed by atoms with Crippen LogP contribution >= 0.6 is 0 Å². The monoisotopic (exact) mass is 586 g/mol. The summed E-state index contributed by atoms with van der Waals surface area (Å²) in [4.78, 5) is 0. The Morgan fingerprint density at radius 3 is 1.42 bits per heavy atom. The molecule has 2 aliphatic heterocycles. The molecule has 0 bridgehead atoms. The van der Waals surface area contributed by atoms with E-state index in [-0.39, 0.29) is 34.1 Å². The van der Waals surface area contributed by atoms with Crippen molar-refractivity contribution in [2.24, 2.45) is 0 Å². The first-order valence-electron chi connectivity index (χ1n) is 8.69. The van der Waals surface area contributed by atoms with Gasteiger partial charge >= 0.3 is 172 Å². The minimum absolute atomic E-state index is 0.214. The van der Waals surface area contributed by atoms with Crippen LogP contribution in [0.3, 0.4) is 0 Å². The van der Waals surface area contributed by atoms with Crippen molar-refractivity contribution in [3.05, 3.63) is 59.7 Å². The molecule has 4 nitrogen and oxygen atoms in total. The number of rotatable bonds is 5. The van der Waals surface area contributed by atoms with Crippen LogP contribution in [0.5, 0.6) is 0 Å². The van der Waals surface area contributed by atoms with E-state index in [1.165, 1.54) is 7.22 Å². The fraction of sp³-hybridized carbons (Fsp3) is 0.400. The van der Waals surface area contributed by atoms with Gasteiger partial charge in [0.2, 0.25) is 0 Å². The zero-order valence-corrected chi connectivity index (χ0v) is 19.6. The molecule has 2 saturated heterocycles. The van der Waals surface area contributed by atoms with Gasteiger partial charge < -0.3 is 0 Å². The topological polar surface area (TPSA) is 36.9 Å². The third-order valence-corrected chi connectivity index (χ3v) is 16.4. The Bertz CT molecular complexity index is 702. The molecule has 2 fully saturated rings. The van der Waals surface area contributed by atoms with E-state index in [0.717, 1.165) is 11.1 Å². The molecule has 0 radical (unpaired) electrons. The molecule has 26 heavy (non-hydrogen) atoms. The van der Waals surface area contributed by atoms with Gasteiger partial charge in [-0.2, -0.15) is 0 Å². The summed E-state index contributed by atoms with van der Waals surface area (Å²) in [7, 11) is 0. The predicted octanol–water partition coefficient (Wildman–Crippen LogP) is 1.40. The Kier molecular flexibility index (Phi) is 5.96. The van der Waals surface area contributed by atoms with Crippen LogP contribution in [0.15, 0.2) is 48.5 Å². The van der Waals surface area contributed by atoms with Gasteiger partial charge in [-0.15, -0.1) is 0 Å². The van der Waals surface area contributed by atoms with Crippen LogP contribution in [0, 0.1) is 0 Å². The summed E-state index contributed by atoms with van der Waals surface area (Å²) < 4.78 is 26.2. The molecule has 0 aromatic heterocycles. The van der Waals surface area contributed by atoms with E-state index in [9.17, 15) is 0 Å². The molecular weight excluding hydrogens is 559 g/mol. The second kappa shape index (κ2) is 8.08. The van der Waals surface area contributed by atoms with Gasteiger partial charge in [-0.05, 0) is 0 Å². The van der Waals surface area contributed by atoms with Crippen LogP contribution in [0.25, 0.3) is 0 Å². The van der Waals surface area contributed by atoms with Crippen molar-refractivity contribution in [2.45, 2.75) is 25.4 Å². The van der Waals surface area contributed by atoms with E-state index in [1.807, 2.05) is 13.8 Å². The van der Waals surface area contributed by atoms with Crippen molar-refractivity contribution >= 4 is 41.3 Å². The average molecular weight is 582 g/mol. The van der Waals surface area contributed by atoms with Crippen molar-refractivity contribution < 1.29 is 18.9 Å². The van der Waals surface area contributed by atoms with Crippen LogP contribution in [-0.2, 0) is 30.5 Å². The molecule has 0 aliphatic carbocycles. The second-order valence-corrected chi connectivity index (χ2v) is 16.5. The third kappa shape index (κ3) is 4.14. The Morgan fingerprint density at radius 2 is 1.04 bits per heavy atom. The molecule has 0 N–H and O–H groups in total. The Labute approximate surface area is 170 Å². The van der Waals surface area contributed by atoms with E-state index in [4.69, 9.17) is 18.9 Å². The van der Waals surface area contributed by atoms with Gasteiger partial charge in [-0.25, -0.2) is 0 Å². The molecule has 0 saturated carbocycles. The minimum atomic E-state index is -0.574. The molecule has 2 aliphatic rings. The molecule has 4 rings (SSSR count). The first-order chi connectivity index (χ1) is 12.6. The molecular formula is C20H22O4Te2. The summed E-state index contributed by atoms with van der Waals surface area (Å²) in [6.45, 7) is 6.70. The molecule has 0 amide bonds. The maximum absolute atomic E-state index is 5.80. The average Bonchev–Trinajstić information content (AvgIpc) is 3.31. The molecule has 0 atom stereocenters. The van der Waals surface area contributed by atoms with Gasteiger partial charge in [0.25, 0.3) is 0 Å². The van der Waals surface area contributed by atoms with Gasteiger partial charge in [-0.3, -0.25) is 0 Å². The summed E-state index contributed by atoms with van der Waals surface area (Å²) in [5.41, 5.74) is 2.28. The van der Waals surface area contributed by atoms with E-state index in [2.05, 4.69) is 48.5 Å². The number of ether oxygens (including phenoxy) is 4. The fourth-order valence-corrected chi connectivity index (χ4v) is 13.1. The van der Waals surface area contributed by atoms with E-state index in [1.54, 1.807) is 0 Å². The summed E-state index contributed by atoms with van der Waals surface area (Å²) in [6, 6.07) is 17.6. The van der Waals surface area contributed by atoms with Crippen LogP contribution in [-0.4, -0.2) is 60.5 Å². The number of benzene rings is 2. The number of hydrogen-bond acceptors (Lipinski definition) is 4. The van der Waals surface area contributed by atoms with Gasteiger partial charge in [0, 0.05) is 0 Å². The SMILES string of the molecule is CC1(c2cccc([Te][Te]c3cccc(C4(C)OCCO4)c3)c2)OCCO1. The maximum atomic E-state index is 5.80. The molecule has 6 heteroatoms. The Hall–Kier alpha value is -0.141. The van der Waals surface area contributed by atoms with Crippen LogP contribution < -0.4 is 7.22 Å². The standard InChI is InChI=1S/C20H22O4Te2/c1-19(21-9-10-22-19)15-5-3-7-17(13-15)25-26-18-8-4-6-16(14-18)20(2)23-11-12-24-20/h3-8,13-14H,9-12H2,1-2H3. The second-order valence-electron chi connectivity index (χ2n) is 6.51. The van der Waals surface area contributed by atoms with E-state index >= 15 is 0 Å².